The fourth-order valence-electron chi connectivity index (χ4n) is 1.91. The zero-order valence-corrected chi connectivity index (χ0v) is 13.2. The largest absolute Gasteiger partial charge is 0.339 e. The van der Waals surface area contributed by atoms with E-state index in [1.807, 2.05) is 36.1 Å². The van der Waals surface area contributed by atoms with Crippen molar-refractivity contribution in [3.05, 3.63) is 29.3 Å². The number of benzene rings is 1. The molecule has 0 bridgehead atoms. The number of amides is 1. The van der Waals surface area contributed by atoms with Gasteiger partial charge in [-0.25, -0.2) is 0 Å². The third kappa shape index (κ3) is 4.88. The van der Waals surface area contributed by atoms with Gasteiger partial charge in [-0.05, 0) is 31.2 Å². The number of hydrogen-bond donors (Lipinski definition) is 1. The lowest BCUT2D eigenvalue weighted by Crippen LogP contribution is -2.48. The first-order chi connectivity index (χ1) is 8.66. The van der Waals surface area contributed by atoms with Crippen LogP contribution in [0.25, 0.3) is 0 Å². The molecule has 1 heterocycles. The van der Waals surface area contributed by atoms with Crippen LogP contribution in [0.1, 0.15) is 6.92 Å². The molecule has 3 nitrogen and oxygen atoms in total. The van der Waals surface area contributed by atoms with Gasteiger partial charge in [0.25, 0.3) is 0 Å². The Bertz CT molecular complexity index is 408. The van der Waals surface area contributed by atoms with Crippen molar-refractivity contribution >= 4 is 41.7 Å². The number of hydrogen-bond acceptors (Lipinski definition) is 3. The molecule has 1 aromatic carbocycles. The van der Waals surface area contributed by atoms with Crippen LogP contribution < -0.4 is 5.32 Å². The lowest BCUT2D eigenvalue weighted by atomic mass is 10.3. The SMILES string of the molecule is CC(Sc1ccc(Cl)cc1)C(=O)N1CCNCC1.Cl. The van der Waals surface area contributed by atoms with Crippen LogP contribution >= 0.6 is 35.8 Å². The average Bonchev–Trinajstić information content (AvgIpc) is 2.41. The normalized spacial score (nSPS) is 16.6. The third-order valence-corrected chi connectivity index (χ3v) is 4.25. The van der Waals surface area contributed by atoms with Gasteiger partial charge >= 0.3 is 0 Å². The van der Waals surface area contributed by atoms with Gasteiger partial charge in [0.2, 0.25) is 5.91 Å². The summed E-state index contributed by atoms with van der Waals surface area (Å²) in [4.78, 5) is 15.2. The monoisotopic (exact) mass is 320 g/mol. The molecule has 1 amide bonds. The van der Waals surface area contributed by atoms with Crippen molar-refractivity contribution in [3.8, 4) is 0 Å². The lowest BCUT2D eigenvalue weighted by Gasteiger charge is -2.29. The van der Waals surface area contributed by atoms with Crippen molar-refractivity contribution in [1.82, 2.24) is 10.2 Å². The summed E-state index contributed by atoms with van der Waals surface area (Å²) < 4.78 is 0. The molecule has 1 atom stereocenters. The number of thioether (sulfide) groups is 1. The van der Waals surface area contributed by atoms with E-state index in [9.17, 15) is 4.79 Å². The molecule has 19 heavy (non-hydrogen) atoms. The van der Waals surface area contributed by atoms with Gasteiger partial charge in [0.15, 0.2) is 0 Å². The van der Waals surface area contributed by atoms with E-state index < -0.39 is 0 Å². The van der Waals surface area contributed by atoms with Crippen LogP contribution in [-0.4, -0.2) is 42.2 Å². The Morgan fingerprint density at radius 3 is 2.47 bits per heavy atom. The molecule has 6 heteroatoms. The minimum atomic E-state index is -0.0516. The minimum Gasteiger partial charge on any atom is -0.339 e. The fraction of sp³-hybridized carbons (Fsp3) is 0.462. The van der Waals surface area contributed by atoms with Crippen LogP contribution in [0.2, 0.25) is 5.02 Å². The Kier molecular flexibility index (Phi) is 7.00. The predicted octanol–water partition coefficient (Wildman–Crippen LogP) is 2.67. The van der Waals surface area contributed by atoms with E-state index >= 15 is 0 Å². The van der Waals surface area contributed by atoms with E-state index in [1.165, 1.54) is 0 Å². The highest BCUT2D eigenvalue weighted by atomic mass is 35.5. The van der Waals surface area contributed by atoms with E-state index in [0.29, 0.717) is 0 Å². The molecule has 106 valence electrons. The molecule has 0 spiro atoms. The van der Waals surface area contributed by atoms with E-state index in [2.05, 4.69) is 5.32 Å². The highest BCUT2D eigenvalue weighted by Crippen LogP contribution is 2.25. The summed E-state index contributed by atoms with van der Waals surface area (Å²) in [5.41, 5.74) is 0. The summed E-state index contributed by atoms with van der Waals surface area (Å²) in [5.74, 6) is 0.219. The smallest absolute Gasteiger partial charge is 0.235 e. The number of carbonyl (C=O) groups is 1. The average molecular weight is 321 g/mol. The summed E-state index contributed by atoms with van der Waals surface area (Å²) in [5, 5.41) is 3.92. The Balaban J connectivity index is 0.00000180. The number of carbonyl (C=O) groups excluding carboxylic acids is 1. The first-order valence-electron chi connectivity index (χ1n) is 6.08. The van der Waals surface area contributed by atoms with Gasteiger partial charge in [-0.1, -0.05) is 11.6 Å². The Hall–Kier alpha value is -0.420. The van der Waals surface area contributed by atoms with Gasteiger partial charge in [0.05, 0.1) is 5.25 Å². The number of halogens is 2. The molecule has 1 saturated heterocycles. The number of nitrogens with one attached hydrogen (secondary N) is 1. The van der Waals surface area contributed by atoms with Crippen molar-refractivity contribution in [1.29, 1.82) is 0 Å². The van der Waals surface area contributed by atoms with E-state index in [-0.39, 0.29) is 23.6 Å². The Morgan fingerprint density at radius 2 is 1.89 bits per heavy atom. The van der Waals surface area contributed by atoms with Gasteiger partial charge in [0.1, 0.15) is 0 Å². The van der Waals surface area contributed by atoms with E-state index in [0.717, 1.165) is 36.1 Å². The fourth-order valence-corrected chi connectivity index (χ4v) is 2.99. The molecule has 1 aliphatic rings. The molecular weight excluding hydrogens is 303 g/mol. The topological polar surface area (TPSA) is 32.3 Å². The van der Waals surface area contributed by atoms with E-state index in [1.54, 1.807) is 11.8 Å². The molecule has 0 saturated carbocycles. The van der Waals surface area contributed by atoms with Crippen LogP contribution in [0.5, 0.6) is 0 Å². The molecule has 0 radical (unpaired) electrons. The predicted molar refractivity (Wildman–Crippen MR) is 83.5 cm³/mol. The number of rotatable bonds is 3. The molecule has 1 fully saturated rings. The van der Waals surface area contributed by atoms with Crippen molar-refractivity contribution in [2.24, 2.45) is 0 Å². The van der Waals surface area contributed by atoms with Crippen LogP contribution in [-0.2, 0) is 4.79 Å². The number of nitrogens with zero attached hydrogens (tertiary/aromatic N) is 1. The minimum absolute atomic E-state index is 0. The molecule has 0 aromatic heterocycles. The molecule has 1 aromatic rings. The third-order valence-electron chi connectivity index (χ3n) is 2.90. The van der Waals surface area contributed by atoms with Gasteiger partial charge in [-0.3, -0.25) is 4.79 Å². The van der Waals surface area contributed by atoms with Crippen LogP contribution in [0, 0.1) is 0 Å². The maximum Gasteiger partial charge on any atom is 0.235 e. The molecule has 2 rings (SSSR count). The van der Waals surface area contributed by atoms with Gasteiger partial charge in [-0.15, -0.1) is 24.2 Å². The first-order valence-corrected chi connectivity index (χ1v) is 7.34. The summed E-state index contributed by atoms with van der Waals surface area (Å²) in [6.45, 7) is 5.37. The number of piperazine rings is 1. The Labute approximate surface area is 129 Å². The molecule has 1 unspecified atom stereocenters. The highest BCUT2D eigenvalue weighted by molar-refractivity contribution is 8.00. The zero-order chi connectivity index (χ0) is 13.0. The van der Waals surface area contributed by atoms with Crippen molar-refractivity contribution in [2.45, 2.75) is 17.1 Å². The lowest BCUT2D eigenvalue weighted by molar-refractivity contribution is -0.130. The van der Waals surface area contributed by atoms with Crippen LogP contribution in [0.3, 0.4) is 0 Å². The second-order valence-electron chi connectivity index (χ2n) is 4.29. The van der Waals surface area contributed by atoms with Crippen molar-refractivity contribution < 1.29 is 4.79 Å². The zero-order valence-electron chi connectivity index (χ0n) is 10.8. The molecule has 0 aliphatic carbocycles. The van der Waals surface area contributed by atoms with Gasteiger partial charge < -0.3 is 10.2 Å². The summed E-state index contributed by atoms with van der Waals surface area (Å²) in [6.07, 6.45) is 0. The van der Waals surface area contributed by atoms with Gasteiger partial charge in [-0.2, -0.15) is 0 Å². The summed E-state index contributed by atoms with van der Waals surface area (Å²) in [6, 6.07) is 7.61. The first kappa shape index (κ1) is 16.6. The second-order valence-corrected chi connectivity index (χ2v) is 6.14. The summed E-state index contributed by atoms with van der Waals surface area (Å²) in [7, 11) is 0. The highest BCUT2D eigenvalue weighted by Gasteiger charge is 2.22. The summed E-state index contributed by atoms with van der Waals surface area (Å²) >= 11 is 7.42. The van der Waals surface area contributed by atoms with Crippen LogP contribution in [0.15, 0.2) is 29.2 Å². The maximum atomic E-state index is 12.2. The van der Waals surface area contributed by atoms with Gasteiger partial charge in [0, 0.05) is 36.1 Å². The quantitative estimate of drug-likeness (QED) is 0.869. The molecule has 1 N–H and O–H groups in total. The van der Waals surface area contributed by atoms with Crippen LogP contribution in [0.4, 0.5) is 0 Å². The Morgan fingerprint density at radius 1 is 1.32 bits per heavy atom. The van der Waals surface area contributed by atoms with Crippen molar-refractivity contribution in [3.63, 3.8) is 0 Å². The standard InChI is InChI=1S/C13H17ClN2OS.ClH/c1-10(13(17)16-8-6-15-7-9-16)18-12-4-2-11(14)3-5-12;/h2-5,10,15H,6-9H2,1H3;1H. The van der Waals surface area contributed by atoms with Crippen molar-refractivity contribution in [2.75, 3.05) is 26.2 Å². The molecule has 1 aliphatic heterocycles. The van der Waals surface area contributed by atoms with E-state index in [4.69, 9.17) is 11.6 Å². The maximum absolute atomic E-state index is 12.2. The second kappa shape index (κ2) is 8.00. The molecular formula is C13H18Cl2N2OS.